The summed E-state index contributed by atoms with van der Waals surface area (Å²) in [5.74, 6) is 0. The Morgan fingerprint density at radius 3 is 1.51 bits per heavy atom. The minimum Gasteiger partial charge on any atom is -0.310 e. The number of hydrogen-bond donors (Lipinski definition) is 0. The van der Waals surface area contributed by atoms with E-state index < -0.39 is 0 Å². The quantitative estimate of drug-likeness (QED) is 0.174. The fraction of sp³-hybridized carbons (Fsp3) is 0.192. The van der Waals surface area contributed by atoms with Gasteiger partial charge in [-0.25, -0.2) is 0 Å². The summed E-state index contributed by atoms with van der Waals surface area (Å²) in [6.45, 7) is 16.3. The Hall–Kier alpha value is -5.66. The van der Waals surface area contributed by atoms with Crippen molar-refractivity contribution in [3.63, 3.8) is 0 Å². The Morgan fingerprint density at radius 2 is 0.868 bits per heavy atom. The first-order valence-electron chi connectivity index (χ1n) is 19.0. The third-order valence-electron chi connectivity index (χ3n) is 12.0. The van der Waals surface area contributed by atoms with Gasteiger partial charge in [-0.3, -0.25) is 0 Å². The lowest BCUT2D eigenvalue weighted by atomic mass is 9.78. The molecule has 0 radical (unpaired) electrons. The van der Waals surface area contributed by atoms with Crippen LogP contribution in [-0.2, 0) is 16.2 Å². The lowest BCUT2D eigenvalue weighted by Gasteiger charge is -2.31. The molecule has 0 fully saturated rings. The Balaban J connectivity index is 1.17. The topological polar surface area (TPSA) is 3.24 Å². The summed E-state index contributed by atoms with van der Waals surface area (Å²) in [6.07, 6.45) is 0. The van der Waals surface area contributed by atoms with Crippen LogP contribution in [0.5, 0.6) is 0 Å². The van der Waals surface area contributed by atoms with Gasteiger partial charge in [0.2, 0.25) is 0 Å². The molecule has 9 rings (SSSR count). The first-order valence-corrected chi connectivity index (χ1v) is 19.0. The van der Waals surface area contributed by atoms with E-state index in [1.54, 1.807) is 0 Å². The van der Waals surface area contributed by atoms with Gasteiger partial charge in [-0.1, -0.05) is 170 Å². The molecule has 7 aromatic carbocycles. The molecule has 0 bridgehead atoms. The minimum absolute atomic E-state index is 0.0326. The summed E-state index contributed by atoms with van der Waals surface area (Å²) >= 11 is 0. The molecule has 0 atom stereocenters. The summed E-state index contributed by atoms with van der Waals surface area (Å²) in [6, 6.07) is 59.0. The Bertz CT molecular complexity index is 2520. The van der Waals surface area contributed by atoms with Gasteiger partial charge in [-0.15, -0.1) is 0 Å². The smallest absolute Gasteiger partial charge is 0.0540 e. The van der Waals surface area contributed by atoms with E-state index in [1.807, 2.05) is 0 Å². The predicted octanol–water partition coefficient (Wildman–Crippen LogP) is 14.4. The Morgan fingerprint density at radius 1 is 0.396 bits per heavy atom. The van der Waals surface area contributed by atoms with E-state index in [0.29, 0.717) is 0 Å². The fourth-order valence-electron chi connectivity index (χ4n) is 9.19. The molecule has 0 saturated heterocycles. The summed E-state index contributed by atoms with van der Waals surface area (Å²) in [7, 11) is 0. The van der Waals surface area contributed by atoms with E-state index in [4.69, 9.17) is 0 Å². The molecule has 0 aliphatic heterocycles. The highest BCUT2D eigenvalue weighted by atomic mass is 15.1. The first kappa shape index (κ1) is 33.2. The average molecular weight is 686 g/mol. The number of rotatable bonds is 5. The molecular weight excluding hydrogens is 639 g/mol. The van der Waals surface area contributed by atoms with E-state index in [-0.39, 0.29) is 16.2 Å². The molecule has 1 heteroatoms. The summed E-state index contributed by atoms with van der Waals surface area (Å²) in [5.41, 5.74) is 20.7. The van der Waals surface area contributed by atoms with Crippen LogP contribution in [0.2, 0.25) is 0 Å². The highest BCUT2D eigenvalue weighted by molar-refractivity contribution is 5.95. The highest BCUT2D eigenvalue weighted by Crippen LogP contribution is 2.54. The standard InChI is InChI=1S/C52H47N/c1-50(2,3)36-26-30-38(31-27-36)53(37-28-23-34(24-29-37)35-25-32-41-39-15-8-11-20-45(39)51(4,5)47(41)33-35)48-22-13-10-17-42(48)44-19-14-18-43-40-16-9-12-21-46(40)52(6,7)49(43)44/h8-33H,1-7H3. The van der Waals surface area contributed by atoms with Crippen molar-refractivity contribution in [1.29, 1.82) is 0 Å². The van der Waals surface area contributed by atoms with E-state index in [1.165, 1.54) is 78.0 Å². The Kier molecular flexibility index (Phi) is 7.48. The van der Waals surface area contributed by atoms with Crippen LogP contribution >= 0.6 is 0 Å². The second kappa shape index (κ2) is 11.9. The summed E-state index contributed by atoms with van der Waals surface area (Å²) < 4.78 is 0. The fourth-order valence-corrected chi connectivity index (χ4v) is 9.19. The number of nitrogens with zero attached hydrogens (tertiary/aromatic N) is 1. The van der Waals surface area contributed by atoms with E-state index in [2.05, 4.69) is 211 Å². The second-order valence-electron chi connectivity index (χ2n) is 17.0. The van der Waals surface area contributed by atoms with Crippen LogP contribution in [0.1, 0.15) is 76.3 Å². The lowest BCUT2D eigenvalue weighted by molar-refractivity contribution is 0.590. The Labute approximate surface area is 315 Å². The predicted molar refractivity (Wildman–Crippen MR) is 226 cm³/mol. The maximum Gasteiger partial charge on any atom is 0.0540 e. The molecule has 0 aromatic heterocycles. The van der Waals surface area contributed by atoms with Gasteiger partial charge in [0, 0.05) is 27.8 Å². The van der Waals surface area contributed by atoms with Crippen LogP contribution in [0, 0.1) is 0 Å². The van der Waals surface area contributed by atoms with Crippen LogP contribution in [-0.4, -0.2) is 0 Å². The zero-order chi connectivity index (χ0) is 36.7. The summed E-state index contributed by atoms with van der Waals surface area (Å²) in [4.78, 5) is 2.45. The zero-order valence-corrected chi connectivity index (χ0v) is 32.0. The molecule has 1 nitrogen and oxygen atoms in total. The molecule has 260 valence electrons. The average Bonchev–Trinajstić information content (AvgIpc) is 3.55. The van der Waals surface area contributed by atoms with Gasteiger partial charge < -0.3 is 4.90 Å². The summed E-state index contributed by atoms with van der Waals surface area (Å²) in [5, 5.41) is 0. The molecular formula is C52H47N. The van der Waals surface area contributed by atoms with Gasteiger partial charge in [0.15, 0.2) is 0 Å². The van der Waals surface area contributed by atoms with Gasteiger partial charge >= 0.3 is 0 Å². The minimum atomic E-state index is -0.123. The van der Waals surface area contributed by atoms with Crippen LogP contribution in [0.15, 0.2) is 158 Å². The van der Waals surface area contributed by atoms with Gasteiger partial charge in [0.1, 0.15) is 0 Å². The number of anilines is 3. The largest absolute Gasteiger partial charge is 0.310 e. The van der Waals surface area contributed by atoms with Crippen molar-refractivity contribution in [2.45, 2.75) is 64.7 Å². The first-order chi connectivity index (χ1) is 25.4. The molecule has 7 aromatic rings. The van der Waals surface area contributed by atoms with Gasteiger partial charge in [0.05, 0.1) is 5.69 Å². The third kappa shape index (κ3) is 5.20. The number of fused-ring (bicyclic) bond motifs is 6. The number of benzene rings is 7. The van der Waals surface area contributed by atoms with Crippen molar-refractivity contribution in [3.8, 4) is 44.5 Å². The zero-order valence-electron chi connectivity index (χ0n) is 32.0. The molecule has 0 heterocycles. The van der Waals surface area contributed by atoms with Crippen LogP contribution < -0.4 is 4.90 Å². The van der Waals surface area contributed by atoms with Crippen molar-refractivity contribution >= 4 is 17.1 Å². The SMILES string of the molecule is CC(C)(C)c1ccc(N(c2ccc(-c3ccc4c(c3)C(C)(C)c3ccccc3-4)cc2)c2ccccc2-c2cccc3c2C(C)(C)c2ccccc2-3)cc1. The lowest BCUT2D eigenvalue weighted by Crippen LogP contribution is -2.17. The van der Waals surface area contributed by atoms with Crippen molar-refractivity contribution in [2.24, 2.45) is 0 Å². The van der Waals surface area contributed by atoms with E-state index in [0.717, 1.165) is 11.4 Å². The molecule has 0 spiro atoms. The van der Waals surface area contributed by atoms with Crippen molar-refractivity contribution in [3.05, 3.63) is 186 Å². The van der Waals surface area contributed by atoms with E-state index in [9.17, 15) is 0 Å². The second-order valence-corrected chi connectivity index (χ2v) is 17.0. The van der Waals surface area contributed by atoms with Gasteiger partial charge in [0.25, 0.3) is 0 Å². The monoisotopic (exact) mass is 685 g/mol. The van der Waals surface area contributed by atoms with Crippen LogP contribution in [0.4, 0.5) is 17.1 Å². The number of para-hydroxylation sites is 1. The van der Waals surface area contributed by atoms with Crippen molar-refractivity contribution < 1.29 is 0 Å². The van der Waals surface area contributed by atoms with Crippen molar-refractivity contribution in [1.82, 2.24) is 0 Å². The van der Waals surface area contributed by atoms with Gasteiger partial charge in [-0.05, 0) is 109 Å². The van der Waals surface area contributed by atoms with Crippen LogP contribution in [0.3, 0.4) is 0 Å². The number of hydrogen-bond acceptors (Lipinski definition) is 1. The molecule has 2 aliphatic carbocycles. The maximum absolute atomic E-state index is 2.45. The van der Waals surface area contributed by atoms with Gasteiger partial charge in [-0.2, -0.15) is 0 Å². The molecule has 0 amide bonds. The highest BCUT2D eigenvalue weighted by Gasteiger charge is 2.38. The molecule has 0 N–H and O–H groups in total. The molecule has 53 heavy (non-hydrogen) atoms. The van der Waals surface area contributed by atoms with Crippen molar-refractivity contribution in [2.75, 3.05) is 4.90 Å². The molecule has 2 aliphatic rings. The normalized spacial score (nSPS) is 14.6. The third-order valence-corrected chi connectivity index (χ3v) is 12.0. The molecule has 0 unspecified atom stereocenters. The van der Waals surface area contributed by atoms with E-state index >= 15 is 0 Å². The molecule has 0 saturated carbocycles. The maximum atomic E-state index is 2.45. The van der Waals surface area contributed by atoms with Crippen LogP contribution in [0.25, 0.3) is 44.5 Å².